The Morgan fingerprint density at radius 3 is 2.15 bits per heavy atom. The van der Waals surface area contributed by atoms with Gasteiger partial charge in [-0.05, 0) is 54.6 Å². The first-order valence-electron chi connectivity index (χ1n) is 11.7. The Labute approximate surface area is 234 Å². The van der Waals surface area contributed by atoms with Crippen molar-refractivity contribution in [3.05, 3.63) is 83.4 Å². The molecule has 0 saturated carbocycles. The molecule has 1 N–H and O–H groups in total. The summed E-state index contributed by atoms with van der Waals surface area (Å²) in [6.45, 7) is 0.0126. The van der Waals surface area contributed by atoms with E-state index in [1.807, 2.05) is 0 Å². The number of carbonyl (C=O) groups is 1. The molecule has 4 rings (SSSR count). The summed E-state index contributed by atoms with van der Waals surface area (Å²) in [6, 6.07) is 14.2. The van der Waals surface area contributed by atoms with Gasteiger partial charge in [0.05, 0.1) is 39.3 Å². The van der Waals surface area contributed by atoms with Crippen LogP contribution in [0.1, 0.15) is 5.56 Å². The summed E-state index contributed by atoms with van der Waals surface area (Å²) in [5, 5.41) is 2.13. The van der Waals surface area contributed by atoms with Crippen LogP contribution in [0.4, 0.5) is 24.5 Å². The van der Waals surface area contributed by atoms with E-state index in [1.165, 1.54) is 52.8 Å². The molecule has 1 aliphatic heterocycles. The zero-order chi connectivity index (χ0) is 29.1. The first kappa shape index (κ1) is 29.8. The lowest BCUT2D eigenvalue weighted by Gasteiger charge is -2.26. The third kappa shape index (κ3) is 6.58. The van der Waals surface area contributed by atoms with Crippen molar-refractivity contribution in [2.24, 2.45) is 0 Å². The molecule has 3 aromatic rings. The number of amides is 1. The zero-order valence-corrected chi connectivity index (χ0v) is 23.0. The van der Waals surface area contributed by atoms with Gasteiger partial charge in [-0.15, -0.1) is 0 Å². The van der Waals surface area contributed by atoms with Gasteiger partial charge in [-0.2, -0.15) is 17.5 Å². The van der Waals surface area contributed by atoms with Crippen molar-refractivity contribution in [3.63, 3.8) is 0 Å². The van der Waals surface area contributed by atoms with Gasteiger partial charge < -0.3 is 10.1 Å². The van der Waals surface area contributed by atoms with Gasteiger partial charge in [-0.25, -0.2) is 16.8 Å². The van der Waals surface area contributed by atoms with Crippen LogP contribution < -0.4 is 9.62 Å². The van der Waals surface area contributed by atoms with Crippen LogP contribution >= 0.6 is 11.6 Å². The highest BCUT2D eigenvalue weighted by atomic mass is 35.5. The molecule has 15 heteroatoms. The van der Waals surface area contributed by atoms with E-state index in [-0.39, 0.29) is 46.8 Å². The summed E-state index contributed by atoms with van der Waals surface area (Å²) < 4.78 is 99.8. The number of anilines is 2. The van der Waals surface area contributed by atoms with Crippen LogP contribution in [0, 0.1) is 0 Å². The molecule has 0 unspecified atom stereocenters. The van der Waals surface area contributed by atoms with Gasteiger partial charge >= 0.3 is 6.18 Å². The molecule has 9 nitrogen and oxygen atoms in total. The number of ether oxygens (including phenoxy) is 1. The lowest BCUT2D eigenvalue weighted by Crippen LogP contribution is -2.40. The van der Waals surface area contributed by atoms with Gasteiger partial charge in [0.25, 0.3) is 10.0 Å². The zero-order valence-electron chi connectivity index (χ0n) is 20.6. The molecule has 1 aliphatic rings. The second-order valence-corrected chi connectivity index (χ2v) is 12.8. The molecule has 0 aliphatic carbocycles. The molecule has 1 saturated heterocycles. The fourth-order valence-electron chi connectivity index (χ4n) is 3.88. The minimum Gasteiger partial charge on any atom is -0.379 e. The first-order valence-corrected chi connectivity index (χ1v) is 15.0. The summed E-state index contributed by atoms with van der Waals surface area (Å²) >= 11 is 6.13. The molecule has 1 heterocycles. The van der Waals surface area contributed by atoms with Gasteiger partial charge in [-0.3, -0.25) is 9.10 Å². The summed E-state index contributed by atoms with van der Waals surface area (Å²) in [7, 11) is -8.33. The van der Waals surface area contributed by atoms with Crippen LogP contribution in [0.2, 0.25) is 5.02 Å². The molecule has 40 heavy (non-hydrogen) atoms. The summed E-state index contributed by atoms with van der Waals surface area (Å²) in [4.78, 5) is 12.7. The Kier molecular flexibility index (Phi) is 8.75. The molecule has 0 spiro atoms. The van der Waals surface area contributed by atoms with E-state index >= 15 is 0 Å². The van der Waals surface area contributed by atoms with Crippen molar-refractivity contribution >= 4 is 48.9 Å². The fraction of sp³-hybridized carbons (Fsp3) is 0.240. The van der Waals surface area contributed by atoms with Crippen molar-refractivity contribution in [2.75, 3.05) is 42.5 Å². The third-order valence-corrected chi connectivity index (χ3v) is 9.91. The van der Waals surface area contributed by atoms with Crippen LogP contribution in [0.3, 0.4) is 0 Å². The number of hydrogen-bond donors (Lipinski definition) is 1. The summed E-state index contributed by atoms with van der Waals surface area (Å²) in [6.07, 6.45) is -4.80. The SMILES string of the molecule is O=C(CN(c1cc(C(F)(F)F)ccc1Cl)S(=O)(=O)c1ccccc1)Nc1ccc(S(=O)(=O)N2CCOCC2)cc1. The summed E-state index contributed by atoms with van der Waals surface area (Å²) in [5.74, 6) is -0.906. The second-order valence-electron chi connectivity index (χ2n) is 8.58. The van der Waals surface area contributed by atoms with E-state index in [0.717, 1.165) is 6.07 Å². The highest BCUT2D eigenvalue weighted by molar-refractivity contribution is 7.93. The number of hydrogen-bond acceptors (Lipinski definition) is 6. The highest BCUT2D eigenvalue weighted by Crippen LogP contribution is 2.37. The van der Waals surface area contributed by atoms with Gasteiger partial charge in [0.1, 0.15) is 6.54 Å². The van der Waals surface area contributed by atoms with Crippen LogP contribution in [0.5, 0.6) is 0 Å². The predicted molar refractivity (Wildman–Crippen MR) is 142 cm³/mol. The van der Waals surface area contributed by atoms with E-state index in [2.05, 4.69) is 5.32 Å². The molecule has 1 amide bonds. The quantitative estimate of drug-likeness (QED) is 0.405. The number of benzene rings is 3. The molecule has 0 radical (unpaired) electrons. The minimum atomic E-state index is -4.80. The van der Waals surface area contributed by atoms with Gasteiger partial charge in [0, 0.05) is 18.8 Å². The molecule has 0 atom stereocenters. The number of carbonyl (C=O) groups excluding carboxylic acids is 1. The second kappa shape index (κ2) is 11.7. The Morgan fingerprint density at radius 2 is 1.55 bits per heavy atom. The van der Waals surface area contributed by atoms with Gasteiger partial charge in [0.2, 0.25) is 15.9 Å². The molecular formula is C25H23ClF3N3O6S2. The molecule has 3 aromatic carbocycles. The highest BCUT2D eigenvalue weighted by Gasteiger charge is 2.34. The largest absolute Gasteiger partial charge is 0.416 e. The summed E-state index contributed by atoms with van der Waals surface area (Å²) in [5.41, 5.74) is -1.56. The maximum Gasteiger partial charge on any atom is 0.416 e. The van der Waals surface area contributed by atoms with E-state index in [1.54, 1.807) is 6.07 Å². The number of morpholine rings is 1. The maximum absolute atomic E-state index is 13.5. The number of sulfonamides is 2. The topological polar surface area (TPSA) is 113 Å². The number of alkyl halides is 3. The maximum atomic E-state index is 13.5. The number of nitrogens with zero attached hydrogens (tertiary/aromatic N) is 2. The Hall–Kier alpha value is -3.17. The number of rotatable bonds is 8. The van der Waals surface area contributed by atoms with E-state index in [0.29, 0.717) is 16.4 Å². The fourth-order valence-corrected chi connectivity index (χ4v) is 7.01. The normalized spacial score (nSPS) is 15.0. The third-order valence-electron chi connectivity index (χ3n) is 5.91. The van der Waals surface area contributed by atoms with Crippen molar-refractivity contribution in [3.8, 4) is 0 Å². The number of nitrogens with one attached hydrogen (secondary N) is 1. The lowest BCUT2D eigenvalue weighted by molar-refractivity contribution is -0.137. The van der Waals surface area contributed by atoms with Gasteiger partial charge in [-0.1, -0.05) is 29.8 Å². The van der Waals surface area contributed by atoms with E-state index in [9.17, 15) is 34.8 Å². The van der Waals surface area contributed by atoms with E-state index in [4.69, 9.17) is 16.3 Å². The predicted octanol–water partition coefficient (Wildman–Crippen LogP) is 4.21. The van der Waals surface area contributed by atoms with Crippen molar-refractivity contribution in [2.45, 2.75) is 16.0 Å². The average Bonchev–Trinajstić information content (AvgIpc) is 2.93. The molecular weight excluding hydrogens is 595 g/mol. The molecule has 1 fully saturated rings. The standard InChI is InChI=1S/C25H23ClF3N3O6S2/c26-22-11-6-18(25(27,28)29)16-23(22)32(40(36,37)20-4-2-1-3-5-20)17-24(33)30-19-7-9-21(10-8-19)39(34,35)31-12-14-38-15-13-31/h1-11,16H,12-15,17H2,(H,30,33). The first-order chi connectivity index (χ1) is 18.8. The van der Waals surface area contributed by atoms with Crippen molar-refractivity contribution in [1.29, 1.82) is 0 Å². The van der Waals surface area contributed by atoms with Crippen LogP contribution in [-0.4, -0.2) is 59.9 Å². The molecule has 0 aromatic heterocycles. The smallest absolute Gasteiger partial charge is 0.379 e. The van der Waals surface area contributed by atoms with Gasteiger partial charge in [0.15, 0.2) is 0 Å². The van der Waals surface area contributed by atoms with Crippen LogP contribution in [-0.2, 0) is 35.8 Å². The Balaban J connectivity index is 1.61. The van der Waals surface area contributed by atoms with Crippen molar-refractivity contribution < 1.29 is 39.5 Å². The Morgan fingerprint density at radius 1 is 0.925 bits per heavy atom. The van der Waals surface area contributed by atoms with Crippen molar-refractivity contribution in [1.82, 2.24) is 4.31 Å². The van der Waals surface area contributed by atoms with Crippen LogP contribution in [0.15, 0.2) is 82.6 Å². The number of halogens is 4. The Bertz CT molecular complexity index is 1580. The van der Waals surface area contributed by atoms with E-state index < -0.39 is 49.9 Å². The van der Waals surface area contributed by atoms with Crippen LogP contribution in [0.25, 0.3) is 0 Å². The monoisotopic (exact) mass is 617 g/mol. The molecule has 0 bridgehead atoms. The minimum absolute atomic E-state index is 0.0172. The molecule has 214 valence electrons. The average molecular weight is 618 g/mol. The lowest BCUT2D eigenvalue weighted by atomic mass is 10.2.